The van der Waals surface area contributed by atoms with Gasteiger partial charge in [-0.25, -0.2) is 8.78 Å². The summed E-state index contributed by atoms with van der Waals surface area (Å²) in [6.45, 7) is 2.56. The monoisotopic (exact) mass is 296 g/mol. The summed E-state index contributed by atoms with van der Waals surface area (Å²) in [6, 6.07) is 4.92. The molecular weight excluding hydrogens is 282 g/mol. The minimum atomic E-state index is -0.454. The summed E-state index contributed by atoms with van der Waals surface area (Å²) in [5.41, 5.74) is 1.15. The maximum Gasteiger partial charge on any atom is 0.128 e. The Morgan fingerprint density at radius 2 is 2.10 bits per heavy atom. The highest BCUT2D eigenvalue weighted by Crippen LogP contribution is 2.25. The highest BCUT2D eigenvalue weighted by molar-refractivity contribution is 6.31. The number of likely N-dealkylation sites (N-methyl/N-ethyl adjacent to an activating group) is 1. The first-order valence-corrected chi connectivity index (χ1v) is 6.76. The number of pyridine rings is 1. The molecule has 5 heteroatoms. The summed E-state index contributed by atoms with van der Waals surface area (Å²) < 4.78 is 27.2. The Kier molecular flexibility index (Phi) is 5.04. The van der Waals surface area contributed by atoms with Crippen LogP contribution in [0.2, 0.25) is 5.02 Å². The lowest BCUT2D eigenvalue weighted by Gasteiger charge is -2.19. The predicted molar refractivity (Wildman–Crippen MR) is 75.7 cm³/mol. The van der Waals surface area contributed by atoms with Crippen molar-refractivity contribution >= 4 is 11.6 Å². The smallest absolute Gasteiger partial charge is 0.128 e. The van der Waals surface area contributed by atoms with Gasteiger partial charge in [0.25, 0.3) is 0 Å². The number of nitrogens with one attached hydrogen (secondary N) is 1. The van der Waals surface area contributed by atoms with Crippen molar-refractivity contribution in [1.82, 2.24) is 10.3 Å². The largest absolute Gasteiger partial charge is 0.310 e. The molecule has 0 spiro atoms. The molecule has 0 saturated heterocycles. The molecule has 0 aliphatic rings. The van der Waals surface area contributed by atoms with Crippen molar-refractivity contribution in [3.8, 4) is 0 Å². The van der Waals surface area contributed by atoms with Crippen LogP contribution >= 0.6 is 11.6 Å². The van der Waals surface area contributed by atoms with E-state index in [2.05, 4.69) is 10.3 Å². The van der Waals surface area contributed by atoms with Gasteiger partial charge < -0.3 is 5.32 Å². The van der Waals surface area contributed by atoms with E-state index in [9.17, 15) is 8.78 Å². The quantitative estimate of drug-likeness (QED) is 0.905. The normalized spacial score (nSPS) is 12.4. The molecule has 0 amide bonds. The summed E-state index contributed by atoms with van der Waals surface area (Å²) in [6.07, 6.45) is 3.64. The van der Waals surface area contributed by atoms with Crippen molar-refractivity contribution in [3.05, 3.63) is 64.4 Å². The van der Waals surface area contributed by atoms with Gasteiger partial charge >= 0.3 is 0 Å². The van der Waals surface area contributed by atoms with Crippen LogP contribution in [-0.4, -0.2) is 11.5 Å². The molecule has 0 bridgehead atoms. The minimum absolute atomic E-state index is 0.305. The molecule has 1 unspecified atom stereocenters. The zero-order valence-electron chi connectivity index (χ0n) is 11.0. The first kappa shape index (κ1) is 14.9. The summed E-state index contributed by atoms with van der Waals surface area (Å²) in [5, 5.41) is 3.68. The van der Waals surface area contributed by atoms with Gasteiger partial charge in [0.2, 0.25) is 0 Å². The molecule has 2 rings (SSSR count). The van der Waals surface area contributed by atoms with Gasteiger partial charge in [0.1, 0.15) is 11.6 Å². The van der Waals surface area contributed by atoms with E-state index >= 15 is 0 Å². The van der Waals surface area contributed by atoms with Gasteiger partial charge in [0, 0.05) is 24.0 Å². The SMILES string of the molecule is CCNC(Cc1ccncc1Cl)c1cc(F)ccc1F. The number of nitrogens with zero attached hydrogens (tertiary/aromatic N) is 1. The van der Waals surface area contributed by atoms with Crippen LogP contribution in [0, 0.1) is 11.6 Å². The number of halogens is 3. The van der Waals surface area contributed by atoms with Crippen LogP contribution in [0.1, 0.15) is 24.1 Å². The van der Waals surface area contributed by atoms with Crippen LogP contribution in [0.4, 0.5) is 8.78 Å². The molecule has 0 radical (unpaired) electrons. The van der Waals surface area contributed by atoms with Crippen molar-refractivity contribution in [3.63, 3.8) is 0 Å². The van der Waals surface area contributed by atoms with Crippen molar-refractivity contribution in [1.29, 1.82) is 0 Å². The third-order valence-electron chi connectivity index (χ3n) is 3.06. The summed E-state index contributed by atoms with van der Waals surface area (Å²) in [4.78, 5) is 3.92. The number of hydrogen-bond donors (Lipinski definition) is 1. The van der Waals surface area contributed by atoms with Crippen molar-refractivity contribution in [2.45, 2.75) is 19.4 Å². The molecule has 20 heavy (non-hydrogen) atoms. The van der Waals surface area contributed by atoms with Crippen LogP contribution in [0.5, 0.6) is 0 Å². The van der Waals surface area contributed by atoms with E-state index < -0.39 is 11.6 Å². The van der Waals surface area contributed by atoms with E-state index in [1.165, 1.54) is 6.07 Å². The Morgan fingerprint density at radius 1 is 1.30 bits per heavy atom. The van der Waals surface area contributed by atoms with E-state index in [4.69, 9.17) is 11.6 Å². The average Bonchev–Trinajstić information content (AvgIpc) is 2.43. The molecule has 1 aromatic heterocycles. The number of hydrogen-bond acceptors (Lipinski definition) is 2. The first-order valence-electron chi connectivity index (χ1n) is 6.38. The fraction of sp³-hybridized carbons (Fsp3) is 0.267. The topological polar surface area (TPSA) is 24.9 Å². The van der Waals surface area contributed by atoms with Gasteiger partial charge in [0.15, 0.2) is 0 Å². The van der Waals surface area contributed by atoms with Crippen LogP contribution < -0.4 is 5.32 Å². The molecule has 0 aliphatic heterocycles. The van der Waals surface area contributed by atoms with E-state index in [0.717, 1.165) is 17.7 Å². The molecule has 0 fully saturated rings. The Hall–Kier alpha value is -1.52. The maximum atomic E-state index is 13.9. The van der Waals surface area contributed by atoms with Crippen LogP contribution in [0.3, 0.4) is 0 Å². The number of aromatic nitrogens is 1. The molecule has 1 aromatic carbocycles. The van der Waals surface area contributed by atoms with Crippen molar-refractivity contribution < 1.29 is 8.78 Å². The van der Waals surface area contributed by atoms with Gasteiger partial charge in [-0.05, 0) is 42.8 Å². The fourth-order valence-corrected chi connectivity index (χ4v) is 2.31. The lowest BCUT2D eigenvalue weighted by molar-refractivity contribution is 0.502. The van der Waals surface area contributed by atoms with Crippen molar-refractivity contribution in [2.75, 3.05) is 6.54 Å². The highest BCUT2D eigenvalue weighted by atomic mass is 35.5. The lowest BCUT2D eigenvalue weighted by Crippen LogP contribution is -2.24. The predicted octanol–water partition coefficient (Wildman–Crippen LogP) is 3.91. The van der Waals surface area contributed by atoms with Gasteiger partial charge in [-0.2, -0.15) is 0 Å². The van der Waals surface area contributed by atoms with Gasteiger partial charge in [-0.1, -0.05) is 18.5 Å². The third-order valence-corrected chi connectivity index (χ3v) is 3.40. The molecule has 2 aromatic rings. The average molecular weight is 297 g/mol. The Morgan fingerprint density at radius 3 is 2.80 bits per heavy atom. The summed E-state index contributed by atoms with van der Waals surface area (Å²) in [7, 11) is 0. The van der Waals surface area contributed by atoms with Gasteiger partial charge in [-0.3, -0.25) is 4.98 Å². The summed E-state index contributed by atoms with van der Waals surface area (Å²) >= 11 is 6.07. The number of rotatable bonds is 5. The molecular formula is C15H15ClF2N2. The number of benzene rings is 1. The Labute approximate surface area is 121 Å². The first-order chi connectivity index (χ1) is 9.61. The maximum absolute atomic E-state index is 13.9. The van der Waals surface area contributed by atoms with Crippen LogP contribution in [0.15, 0.2) is 36.7 Å². The van der Waals surface area contributed by atoms with E-state index in [0.29, 0.717) is 23.6 Å². The second-order valence-corrected chi connectivity index (χ2v) is 4.85. The minimum Gasteiger partial charge on any atom is -0.310 e. The molecule has 0 aliphatic carbocycles. The molecule has 106 valence electrons. The van der Waals surface area contributed by atoms with E-state index in [-0.39, 0.29) is 6.04 Å². The van der Waals surface area contributed by atoms with E-state index in [1.807, 2.05) is 6.92 Å². The van der Waals surface area contributed by atoms with Crippen LogP contribution in [0.25, 0.3) is 0 Å². The Bertz CT molecular complexity index is 590. The van der Waals surface area contributed by atoms with Crippen molar-refractivity contribution in [2.24, 2.45) is 0 Å². The highest BCUT2D eigenvalue weighted by Gasteiger charge is 2.17. The lowest BCUT2D eigenvalue weighted by atomic mass is 9.98. The second-order valence-electron chi connectivity index (χ2n) is 4.45. The van der Waals surface area contributed by atoms with Gasteiger partial charge in [0.05, 0.1) is 5.02 Å². The molecule has 0 saturated carbocycles. The molecule has 1 N–H and O–H groups in total. The molecule has 1 atom stereocenters. The zero-order chi connectivity index (χ0) is 14.5. The third kappa shape index (κ3) is 3.52. The van der Waals surface area contributed by atoms with Crippen LogP contribution in [-0.2, 0) is 6.42 Å². The second kappa shape index (κ2) is 6.77. The summed E-state index contributed by atoms with van der Waals surface area (Å²) in [5.74, 6) is -0.882. The molecule has 2 nitrogen and oxygen atoms in total. The van der Waals surface area contributed by atoms with E-state index in [1.54, 1.807) is 18.5 Å². The van der Waals surface area contributed by atoms with Gasteiger partial charge in [-0.15, -0.1) is 0 Å². The standard InChI is InChI=1S/C15H15ClF2N2/c1-2-20-15(7-10-5-6-19-9-13(10)16)12-8-11(17)3-4-14(12)18/h3-6,8-9,15,20H,2,7H2,1H3. The zero-order valence-corrected chi connectivity index (χ0v) is 11.8. The fourth-order valence-electron chi connectivity index (χ4n) is 2.11. The molecule has 1 heterocycles. The Balaban J connectivity index is 2.32.